The number of guanidine groups is 1. The second-order valence-corrected chi connectivity index (χ2v) is 7.09. The van der Waals surface area contributed by atoms with E-state index in [4.69, 9.17) is 4.74 Å². The maximum atomic E-state index is 13.7. The zero-order valence-corrected chi connectivity index (χ0v) is 16.4. The first-order chi connectivity index (χ1) is 12.6. The van der Waals surface area contributed by atoms with E-state index in [1.165, 1.54) is 32.0 Å². The number of halogens is 1. The number of nitrogens with one attached hydrogen (secondary N) is 2. The van der Waals surface area contributed by atoms with Crippen molar-refractivity contribution in [3.05, 3.63) is 35.1 Å². The van der Waals surface area contributed by atoms with Crippen molar-refractivity contribution >= 4 is 5.96 Å². The van der Waals surface area contributed by atoms with Crippen molar-refractivity contribution in [2.45, 2.75) is 39.3 Å². The third-order valence-corrected chi connectivity index (χ3v) is 4.91. The molecule has 0 spiro atoms. The number of methoxy groups -OCH3 is 1. The van der Waals surface area contributed by atoms with Gasteiger partial charge in [-0.2, -0.15) is 0 Å². The van der Waals surface area contributed by atoms with Crippen LogP contribution >= 0.6 is 0 Å². The predicted molar refractivity (Wildman–Crippen MR) is 105 cm³/mol. The molecular formula is C20H33FN4O. The summed E-state index contributed by atoms with van der Waals surface area (Å²) in [5.74, 6) is 1.42. The molecule has 5 nitrogen and oxygen atoms in total. The Kier molecular flexibility index (Phi) is 8.85. The molecule has 1 aliphatic rings. The fourth-order valence-electron chi connectivity index (χ4n) is 3.21. The van der Waals surface area contributed by atoms with Crippen molar-refractivity contribution in [1.82, 2.24) is 15.5 Å². The minimum Gasteiger partial charge on any atom is -0.380 e. The molecule has 0 amide bonds. The van der Waals surface area contributed by atoms with Gasteiger partial charge in [0.2, 0.25) is 0 Å². The van der Waals surface area contributed by atoms with Gasteiger partial charge in [0.1, 0.15) is 5.82 Å². The number of hydrogen-bond acceptors (Lipinski definition) is 3. The van der Waals surface area contributed by atoms with E-state index >= 15 is 0 Å². The van der Waals surface area contributed by atoms with Crippen LogP contribution in [0.3, 0.4) is 0 Å². The van der Waals surface area contributed by atoms with Gasteiger partial charge in [0.25, 0.3) is 0 Å². The van der Waals surface area contributed by atoms with Crippen molar-refractivity contribution in [2.75, 3.05) is 40.3 Å². The topological polar surface area (TPSA) is 48.9 Å². The van der Waals surface area contributed by atoms with E-state index < -0.39 is 0 Å². The lowest BCUT2D eigenvalue weighted by Crippen LogP contribution is -2.39. The Morgan fingerprint density at radius 1 is 1.31 bits per heavy atom. The van der Waals surface area contributed by atoms with Crippen LogP contribution in [-0.4, -0.2) is 51.2 Å². The van der Waals surface area contributed by atoms with Crippen LogP contribution in [0, 0.1) is 11.7 Å². The van der Waals surface area contributed by atoms with E-state index in [0.717, 1.165) is 37.0 Å². The molecule has 2 N–H and O–H groups in total. The van der Waals surface area contributed by atoms with Crippen LogP contribution < -0.4 is 10.6 Å². The van der Waals surface area contributed by atoms with E-state index in [1.807, 2.05) is 6.07 Å². The predicted octanol–water partition coefficient (Wildman–Crippen LogP) is 2.76. The molecule has 1 aliphatic heterocycles. The summed E-state index contributed by atoms with van der Waals surface area (Å²) in [6.07, 6.45) is 3.74. The minimum absolute atomic E-state index is 0.231. The van der Waals surface area contributed by atoms with Gasteiger partial charge in [-0.05, 0) is 62.5 Å². The number of hydrogen-bond donors (Lipinski definition) is 2. The number of piperidine rings is 1. The van der Waals surface area contributed by atoms with Crippen LogP contribution in [0.2, 0.25) is 0 Å². The van der Waals surface area contributed by atoms with Crippen LogP contribution in [0.25, 0.3) is 0 Å². The van der Waals surface area contributed by atoms with Gasteiger partial charge in [-0.15, -0.1) is 0 Å². The Morgan fingerprint density at radius 2 is 2.08 bits per heavy atom. The molecule has 0 atom stereocenters. The summed E-state index contributed by atoms with van der Waals surface area (Å²) >= 11 is 0. The maximum absolute atomic E-state index is 13.7. The van der Waals surface area contributed by atoms with E-state index in [2.05, 4.69) is 27.4 Å². The highest BCUT2D eigenvalue weighted by molar-refractivity contribution is 5.79. The van der Waals surface area contributed by atoms with Gasteiger partial charge in [-0.1, -0.05) is 13.0 Å². The lowest BCUT2D eigenvalue weighted by molar-refractivity contribution is 0.181. The van der Waals surface area contributed by atoms with Crippen molar-refractivity contribution in [1.29, 1.82) is 0 Å². The molecule has 0 unspecified atom stereocenters. The number of ether oxygens (including phenoxy) is 1. The van der Waals surface area contributed by atoms with Crippen LogP contribution in [-0.2, 0) is 17.9 Å². The molecule has 0 radical (unpaired) electrons. The van der Waals surface area contributed by atoms with Gasteiger partial charge in [-0.25, -0.2) is 4.39 Å². The smallest absolute Gasteiger partial charge is 0.191 e. The summed E-state index contributed by atoms with van der Waals surface area (Å²) in [6.45, 7) is 7.70. The molecule has 1 aromatic carbocycles. The third-order valence-electron chi connectivity index (χ3n) is 4.91. The molecule has 6 heteroatoms. The Bertz CT molecular complexity index is 571. The van der Waals surface area contributed by atoms with Crippen LogP contribution in [0.4, 0.5) is 4.39 Å². The average Bonchev–Trinajstić information content (AvgIpc) is 2.65. The molecule has 1 aromatic rings. The van der Waals surface area contributed by atoms with Gasteiger partial charge in [0, 0.05) is 32.8 Å². The Balaban J connectivity index is 1.68. The van der Waals surface area contributed by atoms with Gasteiger partial charge >= 0.3 is 0 Å². The monoisotopic (exact) mass is 364 g/mol. The molecule has 0 bridgehead atoms. The summed E-state index contributed by atoms with van der Waals surface area (Å²) in [6, 6.07) is 5.10. The normalized spacial score (nSPS) is 16.7. The second kappa shape index (κ2) is 11.1. The summed E-state index contributed by atoms with van der Waals surface area (Å²) in [5, 5.41) is 6.63. The zero-order valence-electron chi connectivity index (χ0n) is 16.4. The van der Waals surface area contributed by atoms with Gasteiger partial charge in [0.15, 0.2) is 5.96 Å². The summed E-state index contributed by atoms with van der Waals surface area (Å²) in [7, 11) is 3.34. The maximum Gasteiger partial charge on any atom is 0.191 e. The second-order valence-electron chi connectivity index (χ2n) is 7.09. The molecular weight excluding hydrogens is 331 g/mol. The first kappa shape index (κ1) is 20.6. The van der Waals surface area contributed by atoms with E-state index in [0.29, 0.717) is 12.1 Å². The minimum atomic E-state index is -0.231. The third kappa shape index (κ3) is 6.92. The Labute approximate surface area is 157 Å². The van der Waals surface area contributed by atoms with Crippen molar-refractivity contribution in [3.63, 3.8) is 0 Å². The number of rotatable bonds is 8. The van der Waals surface area contributed by atoms with E-state index in [-0.39, 0.29) is 12.4 Å². The first-order valence-electron chi connectivity index (χ1n) is 9.55. The molecule has 26 heavy (non-hydrogen) atoms. The number of benzene rings is 1. The fraction of sp³-hybridized carbons (Fsp3) is 0.650. The molecule has 1 saturated heterocycles. The summed E-state index contributed by atoms with van der Waals surface area (Å²) in [4.78, 5) is 6.81. The Hall–Kier alpha value is -1.66. The molecule has 1 fully saturated rings. The van der Waals surface area contributed by atoms with Gasteiger partial charge < -0.3 is 20.3 Å². The highest BCUT2D eigenvalue weighted by Gasteiger charge is 2.14. The molecule has 0 aliphatic carbocycles. The standard InChI is InChI=1S/C20H33FN4O/c1-16-7-11-25(12-8-16)10-4-9-23-20(22-2)24-14-17-5-6-19(21)18(13-17)15-26-3/h5-6,13,16H,4,7-12,14-15H2,1-3H3,(H2,22,23,24). The molecule has 146 valence electrons. The van der Waals surface area contributed by atoms with Crippen LogP contribution in [0.5, 0.6) is 0 Å². The SMILES string of the molecule is CN=C(NCCCN1CCC(C)CC1)NCc1ccc(F)c(COC)c1. The van der Waals surface area contributed by atoms with Gasteiger partial charge in [-0.3, -0.25) is 4.99 Å². The van der Waals surface area contributed by atoms with Crippen molar-refractivity contribution < 1.29 is 9.13 Å². The van der Waals surface area contributed by atoms with Crippen LogP contribution in [0.1, 0.15) is 37.3 Å². The highest BCUT2D eigenvalue weighted by atomic mass is 19.1. The molecule has 0 saturated carbocycles. The molecule has 0 aromatic heterocycles. The quantitative estimate of drug-likeness (QED) is 0.423. The van der Waals surface area contributed by atoms with Crippen molar-refractivity contribution in [3.8, 4) is 0 Å². The van der Waals surface area contributed by atoms with E-state index in [1.54, 1.807) is 20.2 Å². The van der Waals surface area contributed by atoms with Crippen LogP contribution in [0.15, 0.2) is 23.2 Å². The number of nitrogens with zero attached hydrogens (tertiary/aromatic N) is 2. The summed E-state index contributed by atoms with van der Waals surface area (Å²) in [5.41, 5.74) is 1.58. The lowest BCUT2D eigenvalue weighted by Gasteiger charge is -2.30. The summed E-state index contributed by atoms with van der Waals surface area (Å²) < 4.78 is 18.7. The molecule has 1 heterocycles. The average molecular weight is 365 g/mol. The number of likely N-dealkylation sites (tertiary alicyclic amines) is 1. The zero-order chi connectivity index (χ0) is 18.8. The first-order valence-corrected chi connectivity index (χ1v) is 9.55. The molecule has 2 rings (SSSR count). The largest absolute Gasteiger partial charge is 0.380 e. The van der Waals surface area contributed by atoms with Crippen molar-refractivity contribution in [2.24, 2.45) is 10.9 Å². The highest BCUT2D eigenvalue weighted by Crippen LogP contribution is 2.15. The van der Waals surface area contributed by atoms with E-state index in [9.17, 15) is 4.39 Å². The lowest BCUT2D eigenvalue weighted by atomic mass is 9.99. The van der Waals surface area contributed by atoms with Gasteiger partial charge in [0.05, 0.1) is 6.61 Å². The fourth-order valence-corrected chi connectivity index (χ4v) is 3.21. The Morgan fingerprint density at radius 3 is 2.77 bits per heavy atom. The number of aliphatic imine (C=N–C) groups is 1.